The minimum Gasteiger partial charge on any atom is -0.489 e. The van der Waals surface area contributed by atoms with Crippen LogP contribution in [0.2, 0.25) is 0 Å². The van der Waals surface area contributed by atoms with Crippen LogP contribution in [0, 0.1) is 18.3 Å². The van der Waals surface area contributed by atoms with Crippen molar-refractivity contribution < 1.29 is 9.47 Å². The van der Waals surface area contributed by atoms with Gasteiger partial charge < -0.3 is 14.8 Å². The van der Waals surface area contributed by atoms with Crippen molar-refractivity contribution in [1.29, 1.82) is 5.26 Å². The van der Waals surface area contributed by atoms with E-state index in [2.05, 4.69) is 82.1 Å². The van der Waals surface area contributed by atoms with Gasteiger partial charge in [-0.25, -0.2) is 4.68 Å². The minimum atomic E-state index is 0.258. The van der Waals surface area contributed by atoms with Gasteiger partial charge in [-0.3, -0.25) is 4.90 Å². The van der Waals surface area contributed by atoms with Crippen molar-refractivity contribution in [3.8, 4) is 34.4 Å². The topological polar surface area (TPSA) is 88.2 Å². The van der Waals surface area contributed by atoms with Gasteiger partial charge in [-0.2, -0.15) is 5.26 Å². The summed E-state index contributed by atoms with van der Waals surface area (Å²) >= 11 is 0. The average molecular weight is 571 g/mol. The van der Waals surface area contributed by atoms with Crippen LogP contribution in [0.15, 0.2) is 97.2 Å². The highest BCUT2D eigenvalue weighted by Crippen LogP contribution is 2.30. The van der Waals surface area contributed by atoms with Crippen LogP contribution in [-0.4, -0.2) is 46.1 Å². The second-order valence-corrected chi connectivity index (χ2v) is 10.6. The average Bonchev–Trinajstić information content (AvgIpc) is 3.54. The lowest BCUT2D eigenvalue weighted by molar-refractivity contribution is 0.225. The maximum atomic E-state index is 9.23. The largest absolute Gasteiger partial charge is 0.489 e. The van der Waals surface area contributed by atoms with Gasteiger partial charge in [-0.05, 0) is 53.4 Å². The normalized spacial score (nSPS) is 13.4. The van der Waals surface area contributed by atoms with Crippen LogP contribution in [0.4, 0.5) is 0 Å². The standard InChI is InChI=1S/C35H34N6O2/c1-26-30(10-6-12-34(26)28-8-3-2-4-9-28)24-42-33-14-13-29(22-40-17-15-37-16-18-40)35(20-33)43-25-31-23-41(39-38-31)32-11-5-7-27(19-32)21-36/h2-14,19-20,23,37H,15-18,22,24-25H2,1H3. The molecule has 1 aromatic heterocycles. The number of nitrogens with zero attached hydrogens (tertiary/aromatic N) is 5. The van der Waals surface area contributed by atoms with Crippen molar-refractivity contribution in [2.24, 2.45) is 0 Å². The summed E-state index contributed by atoms with van der Waals surface area (Å²) in [7, 11) is 0. The highest BCUT2D eigenvalue weighted by Gasteiger charge is 2.15. The summed E-state index contributed by atoms with van der Waals surface area (Å²) in [5, 5.41) is 21.2. The fourth-order valence-corrected chi connectivity index (χ4v) is 5.29. The van der Waals surface area contributed by atoms with E-state index in [0.717, 1.165) is 61.0 Å². The molecule has 0 bridgehead atoms. The Morgan fingerprint density at radius 3 is 2.53 bits per heavy atom. The Hall–Kier alpha value is -4.97. The quantitative estimate of drug-likeness (QED) is 0.231. The summed E-state index contributed by atoms with van der Waals surface area (Å²) < 4.78 is 14.3. The molecule has 1 N–H and O–H groups in total. The van der Waals surface area contributed by atoms with Gasteiger partial charge in [0.15, 0.2) is 0 Å². The first kappa shape index (κ1) is 28.2. The van der Waals surface area contributed by atoms with Crippen LogP contribution < -0.4 is 14.8 Å². The molecular weight excluding hydrogens is 536 g/mol. The lowest BCUT2D eigenvalue weighted by Gasteiger charge is -2.28. The molecule has 43 heavy (non-hydrogen) atoms. The Labute approximate surface area is 252 Å². The molecule has 0 amide bonds. The number of piperazine rings is 1. The molecular formula is C35H34N6O2. The predicted molar refractivity (Wildman–Crippen MR) is 166 cm³/mol. The molecule has 6 rings (SSSR count). The SMILES string of the molecule is Cc1c(COc2ccc(CN3CCNCC3)c(OCc3cn(-c4cccc(C#N)c4)nn3)c2)cccc1-c1ccccc1. The highest BCUT2D eigenvalue weighted by atomic mass is 16.5. The molecule has 4 aromatic carbocycles. The van der Waals surface area contributed by atoms with E-state index in [1.807, 2.05) is 36.5 Å². The van der Waals surface area contributed by atoms with Gasteiger partial charge >= 0.3 is 0 Å². The number of nitriles is 1. The van der Waals surface area contributed by atoms with E-state index in [-0.39, 0.29) is 6.61 Å². The highest BCUT2D eigenvalue weighted by molar-refractivity contribution is 5.68. The number of nitrogens with one attached hydrogen (secondary N) is 1. The van der Waals surface area contributed by atoms with Crippen LogP contribution >= 0.6 is 0 Å². The van der Waals surface area contributed by atoms with E-state index in [1.165, 1.54) is 16.7 Å². The van der Waals surface area contributed by atoms with Crippen LogP contribution in [0.5, 0.6) is 11.5 Å². The summed E-state index contributed by atoms with van der Waals surface area (Å²) in [6, 6.07) is 32.3. The van der Waals surface area contributed by atoms with Gasteiger partial charge in [0.1, 0.15) is 30.4 Å². The van der Waals surface area contributed by atoms with Gasteiger partial charge in [0.05, 0.1) is 23.5 Å². The minimum absolute atomic E-state index is 0.258. The van der Waals surface area contributed by atoms with Crippen LogP contribution in [0.3, 0.4) is 0 Å². The number of rotatable bonds is 10. The maximum Gasteiger partial charge on any atom is 0.134 e. The van der Waals surface area contributed by atoms with Crippen molar-refractivity contribution in [3.05, 3.63) is 125 Å². The number of hydrogen-bond donors (Lipinski definition) is 1. The second kappa shape index (κ2) is 13.3. The van der Waals surface area contributed by atoms with Crippen molar-refractivity contribution in [2.75, 3.05) is 26.2 Å². The molecule has 216 valence electrons. The lowest BCUT2D eigenvalue weighted by Crippen LogP contribution is -2.42. The third-order valence-corrected chi connectivity index (χ3v) is 7.72. The first-order valence-corrected chi connectivity index (χ1v) is 14.5. The first-order chi connectivity index (χ1) is 21.2. The molecule has 1 fully saturated rings. The summed E-state index contributed by atoms with van der Waals surface area (Å²) in [6.07, 6.45) is 1.83. The molecule has 0 saturated carbocycles. The predicted octanol–water partition coefficient (Wildman–Crippen LogP) is 5.68. The van der Waals surface area contributed by atoms with Gasteiger partial charge in [-0.1, -0.05) is 65.9 Å². The zero-order valence-corrected chi connectivity index (χ0v) is 24.2. The van der Waals surface area contributed by atoms with Crippen LogP contribution in [-0.2, 0) is 19.8 Å². The Kier molecular flexibility index (Phi) is 8.74. The van der Waals surface area contributed by atoms with Crippen molar-refractivity contribution in [1.82, 2.24) is 25.2 Å². The van der Waals surface area contributed by atoms with E-state index < -0.39 is 0 Å². The summed E-state index contributed by atoms with van der Waals surface area (Å²) in [4.78, 5) is 2.43. The smallest absolute Gasteiger partial charge is 0.134 e. The van der Waals surface area contributed by atoms with E-state index in [1.54, 1.807) is 16.8 Å². The molecule has 0 radical (unpaired) electrons. The van der Waals surface area contributed by atoms with E-state index in [0.29, 0.717) is 17.9 Å². The van der Waals surface area contributed by atoms with E-state index in [4.69, 9.17) is 9.47 Å². The lowest BCUT2D eigenvalue weighted by atomic mass is 9.97. The third kappa shape index (κ3) is 6.92. The van der Waals surface area contributed by atoms with E-state index in [9.17, 15) is 5.26 Å². The van der Waals surface area contributed by atoms with Crippen molar-refractivity contribution in [3.63, 3.8) is 0 Å². The Morgan fingerprint density at radius 2 is 1.70 bits per heavy atom. The monoisotopic (exact) mass is 570 g/mol. The summed E-state index contributed by atoms with van der Waals surface area (Å²) in [5.74, 6) is 1.52. The second-order valence-electron chi connectivity index (χ2n) is 10.6. The van der Waals surface area contributed by atoms with Crippen LogP contribution in [0.1, 0.15) is 27.9 Å². The third-order valence-electron chi connectivity index (χ3n) is 7.72. The van der Waals surface area contributed by atoms with Crippen LogP contribution in [0.25, 0.3) is 16.8 Å². The zero-order chi connectivity index (χ0) is 29.4. The van der Waals surface area contributed by atoms with Gasteiger partial charge in [0, 0.05) is 44.4 Å². The van der Waals surface area contributed by atoms with E-state index >= 15 is 0 Å². The molecule has 0 spiro atoms. The number of benzene rings is 4. The molecule has 8 heteroatoms. The van der Waals surface area contributed by atoms with Gasteiger partial charge in [0.25, 0.3) is 0 Å². The Balaban J connectivity index is 1.19. The summed E-state index contributed by atoms with van der Waals surface area (Å²) in [6.45, 7) is 7.60. The van der Waals surface area contributed by atoms with Crippen molar-refractivity contribution in [2.45, 2.75) is 26.7 Å². The molecule has 5 aromatic rings. The van der Waals surface area contributed by atoms with Gasteiger partial charge in [0.2, 0.25) is 0 Å². The molecule has 0 unspecified atom stereocenters. The Bertz CT molecular complexity index is 1720. The molecule has 1 saturated heterocycles. The fraction of sp³-hybridized carbons (Fsp3) is 0.229. The molecule has 8 nitrogen and oxygen atoms in total. The maximum absolute atomic E-state index is 9.23. The molecule has 0 atom stereocenters. The van der Waals surface area contributed by atoms with Crippen molar-refractivity contribution >= 4 is 0 Å². The first-order valence-electron chi connectivity index (χ1n) is 14.5. The number of ether oxygens (including phenoxy) is 2. The van der Waals surface area contributed by atoms with Gasteiger partial charge in [-0.15, -0.1) is 5.10 Å². The number of aromatic nitrogens is 3. The zero-order valence-electron chi connectivity index (χ0n) is 24.2. The number of hydrogen-bond acceptors (Lipinski definition) is 7. The molecule has 1 aliphatic heterocycles. The fourth-order valence-electron chi connectivity index (χ4n) is 5.29. The Morgan fingerprint density at radius 1 is 0.860 bits per heavy atom. The molecule has 1 aliphatic rings. The molecule has 2 heterocycles. The summed E-state index contributed by atoms with van der Waals surface area (Å²) in [5.41, 5.74) is 7.91. The molecule has 0 aliphatic carbocycles.